The number of rotatable bonds is 3. The maximum Gasteiger partial charge on any atom is 0.405 e. The Labute approximate surface area is 146 Å². The van der Waals surface area contributed by atoms with E-state index in [2.05, 4.69) is 5.10 Å². The zero-order valence-electron chi connectivity index (χ0n) is 12.8. The Hall–Kier alpha value is -2.95. The third-order valence-electron chi connectivity index (χ3n) is 3.42. The monoisotopic (exact) mass is 386 g/mol. The summed E-state index contributed by atoms with van der Waals surface area (Å²) < 4.78 is 50.9. The minimum atomic E-state index is -4.60. The molecule has 0 aliphatic heterocycles. The topological polar surface area (TPSA) is 90.0 Å². The summed E-state index contributed by atoms with van der Waals surface area (Å²) in [5.74, 6) is -1.66. The second-order valence-corrected chi connectivity index (χ2v) is 6.14. The van der Waals surface area contributed by atoms with Gasteiger partial charge in [0, 0.05) is 10.8 Å². The van der Waals surface area contributed by atoms with E-state index >= 15 is 0 Å². The third kappa shape index (κ3) is 3.38. The lowest BCUT2D eigenvalue weighted by Gasteiger charge is -2.11. The second kappa shape index (κ2) is 6.41. The van der Waals surface area contributed by atoms with E-state index in [0.717, 1.165) is 28.2 Å². The quantitative estimate of drug-likeness (QED) is 0.677. The van der Waals surface area contributed by atoms with Gasteiger partial charge in [-0.15, -0.1) is 11.3 Å². The molecule has 1 aromatic carbocycles. The lowest BCUT2D eigenvalue weighted by atomic mass is 10.2. The molecule has 0 saturated carbocycles. The Kier molecular flexibility index (Phi) is 4.40. The molecule has 0 aliphatic carbocycles. The van der Waals surface area contributed by atoms with Crippen LogP contribution in [-0.4, -0.2) is 28.4 Å². The van der Waals surface area contributed by atoms with Crippen LogP contribution in [0.5, 0.6) is 0 Å². The molecular formula is C15H10F4N4O2S. The molecule has 3 aromatic rings. The van der Waals surface area contributed by atoms with Crippen LogP contribution in [0.3, 0.4) is 0 Å². The van der Waals surface area contributed by atoms with Gasteiger partial charge in [-0.1, -0.05) is 0 Å². The fourth-order valence-corrected chi connectivity index (χ4v) is 3.05. The van der Waals surface area contributed by atoms with Crippen LogP contribution in [0.25, 0.3) is 16.5 Å². The van der Waals surface area contributed by atoms with Gasteiger partial charge in [0.15, 0.2) is 5.69 Å². The highest BCUT2D eigenvalue weighted by atomic mass is 32.1. The number of amides is 1. The first kappa shape index (κ1) is 17.9. The average Bonchev–Trinajstić information content (AvgIpc) is 2.96. The van der Waals surface area contributed by atoms with Gasteiger partial charge in [0.05, 0.1) is 16.1 Å². The highest BCUT2D eigenvalue weighted by Crippen LogP contribution is 2.27. The van der Waals surface area contributed by atoms with Gasteiger partial charge in [-0.2, -0.15) is 23.0 Å². The second-order valence-electron chi connectivity index (χ2n) is 5.23. The highest BCUT2D eigenvalue weighted by Gasteiger charge is 2.29. The predicted octanol–water partition coefficient (Wildman–Crippen LogP) is 2.46. The van der Waals surface area contributed by atoms with Crippen molar-refractivity contribution in [1.82, 2.24) is 15.1 Å². The zero-order valence-corrected chi connectivity index (χ0v) is 13.6. The molecular weight excluding hydrogens is 376 g/mol. The van der Waals surface area contributed by atoms with Crippen molar-refractivity contribution in [3.8, 4) is 5.69 Å². The molecule has 0 atom stereocenters. The van der Waals surface area contributed by atoms with Crippen molar-refractivity contribution in [2.24, 2.45) is 0 Å². The number of alkyl halides is 3. The third-order valence-corrected chi connectivity index (χ3v) is 4.23. The Bertz CT molecular complexity index is 1040. The normalized spacial score (nSPS) is 11.7. The molecule has 11 heteroatoms. The number of aromatic nitrogens is 2. The molecule has 2 aromatic heterocycles. The Balaban J connectivity index is 2.17. The Morgan fingerprint density at radius 3 is 2.54 bits per heavy atom. The van der Waals surface area contributed by atoms with E-state index in [1.54, 1.807) is 5.32 Å². The Morgan fingerprint density at radius 2 is 1.92 bits per heavy atom. The summed E-state index contributed by atoms with van der Waals surface area (Å²) in [6.07, 6.45) is -4.60. The number of nitrogens with zero attached hydrogens (tertiary/aromatic N) is 2. The highest BCUT2D eigenvalue weighted by molar-refractivity contribution is 7.15. The van der Waals surface area contributed by atoms with Gasteiger partial charge >= 0.3 is 6.18 Å². The van der Waals surface area contributed by atoms with Crippen molar-refractivity contribution in [2.75, 3.05) is 12.3 Å². The van der Waals surface area contributed by atoms with Gasteiger partial charge in [0.25, 0.3) is 11.5 Å². The van der Waals surface area contributed by atoms with Gasteiger partial charge in [0.2, 0.25) is 0 Å². The number of carbonyl (C=O) groups excluding carboxylic acids is 1. The Morgan fingerprint density at radius 1 is 1.27 bits per heavy atom. The van der Waals surface area contributed by atoms with Gasteiger partial charge in [-0.25, -0.2) is 4.39 Å². The standard InChI is InChI=1S/C15H10F4N4O2S/c16-7-1-3-8(4-2-7)23-14(25)10-9(5-26-12(10)20)11(22-23)13(24)21-6-15(17,18)19/h1-5H,6,20H2,(H,21,24). The number of fused-ring (bicyclic) bond motifs is 1. The fourth-order valence-electron chi connectivity index (χ4n) is 2.26. The number of hydrogen-bond acceptors (Lipinski definition) is 5. The number of anilines is 1. The summed E-state index contributed by atoms with van der Waals surface area (Å²) >= 11 is 0.956. The molecule has 0 unspecified atom stereocenters. The summed E-state index contributed by atoms with van der Waals surface area (Å²) in [4.78, 5) is 24.8. The number of benzene rings is 1. The fraction of sp³-hybridized carbons (Fsp3) is 0.133. The molecule has 0 saturated heterocycles. The van der Waals surface area contributed by atoms with E-state index in [1.165, 1.54) is 17.5 Å². The smallest absolute Gasteiger partial charge is 0.390 e. The minimum Gasteiger partial charge on any atom is -0.390 e. The van der Waals surface area contributed by atoms with Crippen LogP contribution < -0.4 is 16.6 Å². The van der Waals surface area contributed by atoms with Crippen LogP contribution in [0, 0.1) is 5.82 Å². The maximum atomic E-state index is 13.1. The minimum absolute atomic E-state index is 0.0357. The zero-order chi connectivity index (χ0) is 19.1. The summed E-state index contributed by atoms with van der Waals surface area (Å²) in [6.45, 7) is -1.55. The van der Waals surface area contributed by atoms with Crippen LogP contribution in [0.4, 0.5) is 22.6 Å². The molecule has 0 radical (unpaired) electrons. The molecule has 136 valence electrons. The van der Waals surface area contributed by atoms with E-state index in [0.29, 0.717) is 0 Å². The van der Waals surface area contributed by atoms with Crippen molar-refractivity contribution in [3.63, 3.8) is 0 Å². The van der Waals surface area contributed by atoms with E-state index < -0.39 is 30.0 Å². The van der Waals surface area contributed by atoms with Crippen LogP contribution in [0.15, 0.2) is 34.4 Å². The lowest BCUT2D eigenvalue weighted by molar-refractivity contribution is -0.123. The molecule has 26 heavy (non-hydrogen) atoms. The number of nitrogens with two attached hydrogens (primary N) is 1. The molecule has 0 spiro atoms. The van der Waals surface area contributed by atoms with Crippen LogP contribution in [0.1, 0.15) is 10.5 Å². The van der Waals surface area contributed by atoms with Gasteiger partial charge in [0.1, 0.15) is 12.4 Å². The van der Waals surface area contributed by atoms with Gasteiger partial charge in [-0.3, -0.25) is 9.59 Å². The maximum absolute atomic E-state index is 13.1. The van der Waals surface area contributed by atoms with Crippen molar-refractivity contribution in [3.05, 3.63) is 51.5 Å². The number of nitrogen functional groups attached to an aromatic ring is 1. The number of carbonyl (C=O) groups is 1. The first-order valence-electron chi connectivity index (χ1n) is 7.08. The summed E-state index contributed by atoms with van der Waals surface area (Å²) in [5, 5.41) is 7.06. The molecule has 0 bridgehead atoms. The first-order chi connectivity index (χ1) is 12.2. The lowest BCUT2D eigenvalue weighted by Crippen LogP contribution is -2.35. The summed E-state index contributed by atoms with van der Waals surface area (Å²) in [7, 11) is 0. The molecule has 0 aliphatic rings. The molecule has 1 amide bonds. The van der Waals surface area contributed by atoms with Crippen LogP contribution >= 0.6 is 11.3 Å². The van der Waals surface area contributed by atoms with Crippen molar-refractivity contribution < 1.29 is 22.4 Å². The number of halogens is 4. The van der Waals surface area contributed by atoms with Gasteiger partial charge in [-0.05, 0) is 24.3 Å². The average molecular weight is 386 g/mol. The number of nitrogens with one attached hydrogen (secondary N) is 1. The molecule has 3 N–H and O–H groups in total. The summed E-state index contributed by atoms with van der Waals surface area (Å²) in [5.41, 5.74) is 4.84. The molecule has 6 nitrogen and oxygen atoms in total. The van der Waals surface area contributed by atoms with Crippen LogP contribution in [-0.2, 0) is 0 Å². The van der Waals surface area contributed by atoms with Gasteiger partial charge < -0.3 is 11.1 Å². The largest absolute Gasteiger partial charge is 0.405 e. The van der Waals surface area contributed by atoms with E-state index in [-0.39, 0.29) is 27.2 Å². The molecule has 2 heterocycles. The van der Waals surface area contributed by atoms with E-state index in [1.807, 2.05) is 0 Å². The van der Waals surface area contributed by atoms with E-state index in [9.17, 15) is 27.2 Å². The van der Waals surface area contributed by atoms with Crippen molar-refractivity contribution in [1.29, 1.82) is 0 Å². The van der Waals surface area contributed by atoms with Crippen molar-refractivity contribution in [2.45, 2.75) is 6.18 Å². The van der Waals surface area contributed by atoms with E-state index in [4.69, 9.17) is 5.73 Å². The summed E-state index contributed by atoms with van der Waals surface area (Å²) in [6, 6.07) is 4.65. The van der Waals surface area contributed by atoms with Crippen molar-refractivity contribution >= 4 is 33.0 Å². The molecule has 0 fully saturated rings. The first-order valence-corrected chi connectivity index (χ1v) is 7.96. The van der Waals surface area contributed by atoms with Crippen LogP contribution in [0.2, 0.25) is 0 Å². The number of thiophene rings is 1. The predicted molar refractivity (Wildman–Crippen MR) is 88.0 cm³/mol. The SMILES string of the molecule is Nc1scc2c(C(=O)NCC(F)(F)F)nn(-c3ccc(F)cc3)c(=O)c12. The molecule has 3 rings (SSSR count). The number of hydrogen-bond donors (Lipinski definition) is 2.